The number of ether oxygens (including phenoxy) is 2. The molecule has 2 N–H and O–H groups in total. The third kappa shape index (κ3) is 9.62. The molecule has 0 saturated heterocycles. The summed E-state index contributed by atoms with van der Waals surface area (Å²) in [5.74, 6) is 0. The van der Waals surface area contributed by atoms with Crippen LogP contribution in [0.25, 0.3) is 0 Å². The van der Waals surface area contributed by atoms with Crippen LogP contribution < -0.4 is 5.73 Å². The molecule has 0 amide bonds. The highest BCUT2D eigenvalue weighted by molar-refractivity contribution is 4.64. The van der Waals surface area contributed by atoms with Gasteiger partial charge in [0.05, 0.1) is 19.8 Å². The average Bonchev–Trinajstić information content (AvgIpc) is 2.10. The van der Waals surface area contributed by atoms with Gasteiger partial charge in [-0.3, -0.25) is 0 Å². The summed E-state index contributed by atoms with van der Waals surface area (Å²) in [6, 6.07) is 0. The van der Waals surface area contributed by atoms with E-state index in [9.17, 15) is 0 Å². The Balaban J connectivity index is 2.77. The van der Waals surface area contributed by atoms with Crippen molar-refractivity contribution < 1.29 is 9.47 Å². The summed E-state index contributed by atoms with van der Waals surface area (Å²) >= 11 is 0. The maximum atomic E-state index is 5.27. The number of unbranched alkanes of at least 4 members (excludes halogenated alkanes) is 1. The van der Waals surface area contributed by atoms with Crippen LogP contribution in [0.4, 0.5) is 0 Å². The molecule has 3 heteroatoms. The molecule has 0 aromatic carbocycles. The van der Waals surface area contributed by atoms with Crippen molar-refractivity contribution in [1.82, 2.24) is 0 Å². The van der Waals surface area contributed by atoms with Crippen molar-refractivity contribution in [2.75, 3.05) is 33.0 Å². The van der Waals surface area contributed by atoms with Gasteiger partial charge in [-0.2, -0.15) is 0 Å². The fourth-order valence-corrected chi connectivity index (χ4v) is 0.735. The second-order valence-electron chi connectivity index (χ2n) is 2.44. The fourth-order valence-electron chi connectivity index (χ4n) is 0.735. The Hall–Kier alpha value is -0.380. The zero-order chi connectivity index (χ0) is 9.07. The average molecular weight is 173 g/mol. The minimum Gasteiger partial charge on any atom is -0.379 e. The molecule has 0 aromatic rings. The Bertz CT molecular complexity index is 96.5. The normalized spacial score (nSPS) is 10.1. The zero-order valence-corrected chi connectivity index (χ0v) is 7.63. The first kappa shape index (κ1) is 11.6. The van der Waals surface area contributed by atoms with Gasteiger partial charge in [-0.05, 0) is 12.8 Å². The lowest BCUT2D eigenvalue weighted by Crippen LogP contribution is -2.12. The molecule has 0 aliphatic carbocycles. The highest BCUT2D eigenvalue weighted by atomic mass is 16.5. The Kier molecular flexibility index (Phi) is 10.3. The van der Waals surface area contributed by atoms with Gasteiger partial charge in [0.1, 0.15) is 0 Å². The number of allylic oxidation sites excluding steroid dienone is 1. The van der Waals surface area contributed by atoms with Gasteiger partial charge in [-0.25, -0.2) is 0 Å². The van der Waals surface area contributed by atoms with Crippen molar-refractivity contribution >= 4 is 0 Å². The number of hydrogen-bond acceptors (Lipinski definition) is 3. The van der Waals surface area contributed by atoms with Gasteiger partial charge in [0, 0.05) is 13.2 Å². The molecule has 0 aliphatic rings. The molecule has 0 aromatic heterocycles. The van der Waals surface area contributed by atoms with E-state index in [1.165, 1.54) is 0 Å². The van der Waals surface area contributed by atoms with E-state index >= 15 is 0 Å². The summed E-state index contributed by atoms with van der Waals surface area (Å²) in [4.78, 5) is 0. The zero-order valence-electron chi connectivity index (χ0n) is 7.63. The summed E-state index contributed by atoms with van der Waals surface area (Å²) in [5, 5.41) is 0. The van der Waals surface area contributed by atoms with Crippen molar-refractivity contribution in [1.29, 1.82) is 0 Å². The molecule has 0 radical (unpaired) electrons. The standard InChI is InChI=1S/C9H19NO2/c1-2-3-4-6-11-8-9-12-7-5-10/h2H,1,3-10H2. The molecule has 0 bridgehead atoms. The first-order valence-corrected chi connectivity index (χ1v) is 4.38. The monoisotopic (exact) mass is 173 g/mol. The van der Waals surface area contributed by atoms with Gasteiger partial charge in [0.2, 0.25) is 0 Å². The maximum absolute atomic E-state index is 5.27. The molecule has 0 unspecified atom stereocenters. The van der Waals surface area contributed by atoms with Crippen LogP contribution in [0.5, 0.6) is 0 Å². The van der Waals surface area contributed by atoms with Gasteiger partial charge in [0.25, 0.3) is 0 Å². The topological polar surface area (TPSA) is 44.5 Å². The van der Waals surface area contributed by atoms with Crippen LogP contribution in [0, 0.1) is 0 Å². The minimum absolute atomic E-state index is 0.580. The SMILES string of the molecule is C=CCCCOCCOCCN. The molecule has 72 valence electrons. The van der Waals surface area contributed by atoms with Gasteiger partial charge < -0.3 is 15.2 Å². The number of hydrogen-bond donors (Lipinski definition) is 1. The van der Waals surface area contributed by atoms with Crippen molar-refractivity contribution in [3.05, 3.63) is 12.7 Å². The maximum Gasteiger partial charge on any atom is 0.0701 e. The third-order valence-corrected chi connectivity index (χ3v) is 1.33. The lowest BCUT2D eigenvalue weighted by molar-refractivity contribution is 0.0501. The Morgan fingerprint density at radius 1 is 1.08 bits per heavy atom. The van der Waals surface area contributed by atoms with Crippen molar-refractivity contribution in [2.24, 2.45) is 5.73 Å². The predicted octanol–water partition coefficient (Wildman–Crippen LogP) is 0.944. The lowest BCUT2D eigenvalue weighted by atomic mass is 10.3. The van der Waals surface area contributed by atoms with E-state index in [2.05, 4.69) is 6.58 Å². The largest absolute Gasteiger partial charge is 0.379 e. The second-order valence-corrected chi connectivity index (χ2v) is 2.44. The van der Waals surface area contributed by atoms with Crippen LogP contribution in [-0.2, 0) is 9.47 Å². The third-order valence-electron chi connectivity index (χ3n) is 1.33. The molecule has 0 heterocycles. The van der Waals surface area contributed by atoms with Crippen LogP contribution in [0.2, 0.25) is 0 Å². The first-order valence-electron chi connectivity index (χ1n) is 4.38. The van der Waals surface area contributed by atoms with Crippen LogP contribution in [-0.4, -0.2) is 33.0 Å². The smallest absolute Gasteiger partial charge is 0.0701 e. The van der Waals surface area contributed by atoms with Crippen molar-refractivity contribution in [3.8, 4) is 0 Å². The molecule has 0 spiro atoms. The van der Waals surface area contributed by atoms with Crippen molar-refractivity contribution in [3.63, 3.8) is 0 Å². The highest BCUT2D eigenvalue weighted by Crippen LogP contribution is 1.89. The summed E-state index contributed by atoms with van der Waals surface area (Å²) in [7, 11) is 0. The predicted molar refractivity (Wildman–Crippen MR) is 50.1 cm³/mol. The molecule has 0 atom stereocenters. The quantitative estimate of drug-likeness (QED) is 0.417. The molecule has 0 saturated carbocycles. The summed E-state index contributed by atoms with van der Waals surface area (Å²) < 4.78 is 10.4. The molecule has 0 rings (SSSR count). The fraction of sp³-hybridized carbons (Fsp3) is 0.778. The van der Waals surface area contributed by atoms with Crippen LogP contribution >= 0.6 is 0 Å². The second kappa shape index (κ2) is 10.6. The van der Waals surface area contributed by atoms with E-state index in [1.54, 1.807) is 0 Å². The first-order chi connectivity index (χ1) is 5.91. The van der Waals surface area contributed by atoms with Crippen LogP contribution in [0.3, 0.4) is 0 Å². The van der Waals surface area contributed by atoms with Gasteiger partial charge in [-0.1, -0.05) is 6.08 Å². The van der Waals surface area contributed by atoms with Gasteiger partial charge >= 0.3 is 0 Å². The van der Waals surface area contributed by atoms with Crippen LogP contribution in [0.15, 0.2) is 12.7 Å². The number of nitrogens with two attached hydrogens (primary N) is 1. The Morgan fingerprint density at radius 3 is 2.33 bits per heavy atom. The number of rotatable bonds is 9. The molecule has 3 nitrogen and oxygen atoms in total. The van der Waals surface area contributed by atoms with Gasteiger partial charge in [0.15, 0.2) is 0 Å². The van der Waals surface area contributed by atoms with E-state index in [0.717, 1.165) is 19.4 Å². The van der Waals surface area contributed by atoms with Crippen molar-refractivity contribution in [2.45, 2.75) is 12.8 Å². The van der Waals surface area contributed by atoms with Gasteiger partial charge in [-0.15, -0.1) is 6.58 Å². The van der Waals surface area contributed by atoms with E-state index in [0.29, 0.717) is 26.4 Å². The summed E-state index contributed by atoms with van der Waals surface area (Å²) in [6.45, 7) is 6.92. The van der Waals surface area contributed by atoms with E-state index in [1.807, 2.05) is 6.08 Å². The van der Waals surface area contributed by atoms with Crippen LogP contribution in [0.1, 0.15) is 12.8 Å². The molecular formula is C9H19NO2. The molecular weight excluding hydrogens is 154 g/mol. The highest BCUT2D eigenvalue weighted by Gasteiger charge is 1.88. The van der Waals surface area contributed by atoms with E-state index in [-0.39, 0.29) is 0 Å². The van der Waals surface area contributed by atoms with E-state index < -0.39 is 0 Å². The molecule has 0 fully saturated rings. The molecule has 12 heavy (non-hydrogen) atoms. The molecule has 0 aliphatic heterocycles. The van der Waals surface area contributed by atoms with E-state index in [4.69, 9.17) is 15.2 Å². The Morgan fingerprint density at radius 2 is 1.75 bits per heavy atom. The minimum atomic E-state index is 0.580. The Labute approximate surface area is 74.5 Å². The summed E-state index contributed by atoms with van der Waals surface area (Å²) in [5.41, 5.74) is 5.23. The summed E-state index contributed by atoms with van der Waals surface area (Å²) in [6.07, 6.45) is 3.96. The lowest BCUT2D eigenvalue weighted by Gasteiger charge is -2.03.